The monoisotopic (exact) mass is 180 g/mol. The summed E-state index contributed by atoms with van der Waals surface area (Å²) in [6, 6.07) is 0.618. The molecule has 0 bridgehead atoms. The quantitative estimate of drug-likeness (QED) is 0.723. The van der Waals surface area contributed by atoms with E-state index in [0.717, 1.165) is 25.3 Å². The third-order valence-electron chi connectivity index (χ3n) is 2.67. The number of imidazole rings is 1. The van der Waals surface area contributed by atoms with Crippen molar-refractivity contribution in [3.63, 3.8) is 0 Å². The number of likely N-dealkylation sites (tertiary alicyclic amines) is 1. The molecule has 1 aliphatic rings. The van der Waals surface area contributed by atoms with Crippen LogP contribution < -0.4 is 5.73 Å². The summed E-state index contributed by atoms with van der Waals surface area (Å²) in [5.41, 5.74) is 6.47. The van der Waals surface area contributed by atoms with E-state index >= 15 is 0 Å². The molecular formula is C9H16N4. The summed E-state index contributed by atoms with van der Waals surface area (Å²) >= 11 is 0. The van der Waals surface area contributed by atoms with Crippen molar-refractivity contribution in [3.05, 3.63) is 18.2 Å². The van der Waals surface area contributed by atoms with Gasteiger partial charge in [0.15, 0.2) is 0 Å². The van der Waals surface area contributed by atoms with Crippen LogP contribution in [0.5, 0.6) is 0 Å². The maximum absolute atomic E-state index is 5.49. The Morgan fingerprint density at radius 3 is 2.92 bits per heavy atom. The predicted molar refractivity (Wildman–Crippen MR) is 51.3 cm³/mol. The fourth-order valence-corrected chi connectivity index (χ4v) is 1.67. The average Bonchev–Trinajstić information content (AvgIpc) is 2.51. The van der Waals surface area contributed by atoms with Crippen molar-refractivity contribution in [2.24, 2.45) is 5.73 Å². The Bertz CT molecular complexity index is 275. The van der Waals surface area contributed by atoms with Crippen LogP contribution in [-0.2, 0) is 6.54 Å². The van der Waals surface area contributed by atoms with Gasteiger partial charge in [-0.15, -0.1) is 0 Å². The molecule has 4 nitrogen and oxygen atoms in total. The first kappa shape index (κ1) is 8.72. The van der Waals surface area contributed by atoms with Gasteiger partial charge in [0, 0.05) is 25.8 Å². The van der Waals surface area contributed by atoms with Gasteiger partial charge in [0.2, 0.25) is 0 Å². The number of nitrogens with two attached hydrogens (primary N) is 1. The van der Waals surface area contributed by atoms with Gasteiger partial charge >= 0.3 is 0 Å². The molecule has 0 spiro atoms. The van der Waals surface area contributed by atoms with E-state index in [4.69, 9.17) is 5.73 Å². The SMILES string of the molecule is CCN1CC(n2cnc(CN)c2)C1. The van der Waals surface area contributed by atoms with Crippen LogP contribution in [0, 0.1) is 0 Å². The molecule has 72 valence electrons. The molecule has 1 fully saturated rings. The minimum Gasteiger partial charge on any atom is -0.332 e. The summed E-state index contributed by atoms with van der Waals surface area (Å²) in [6.07, 6.45) is 3.94. The lowest BCUT2D eigenvalue weighted by molar-refractivity contribution is 0.114. The van der Waals surface area contributed by atoms with E-state index in [1.54, 1.807) is 0 Å². The molecule has 0 atom stereocenters. The summed E-state index contributed by atoms with van der Waals surface area (Å²) < 4.78 is 2.17. The first-order chi connectivity index (χ1) is 6.33. The van der Waals surface area contributed by atoms with Crippen molar-refractivity contribution in [1.82, 2.24) is 14.5 Å². The number of hydrogen-bond donors (Lipinski definition) is 1. The molecule has 2 N–H and O–H groups in total. The lowest BCUT2D eigenvalue weighted by atomic mass is 10.1. The van der Waals surface area contributed by atoms with Crippen LogP contribution in [0.4, 0.5) is 0 Å². The van der Waals surface area contributed by atoms with Crippen molar-refractivity contribution in [2.75, 3.05) is 19.6 Å². The highest BCUT2D eigenvalue weighted by atomic mass is 15.3. The van der Waals surface area contributed by atoms with E-state index < -0.39 is 0 Å². The molecule has 0 unspecified atom stereocenters. The Hall–Kier alpha value is -0.870. The fraction of sp³-hybridized carbons (Fsp3) is 0.667. The van der Waals surface area contributed by atoms with Gasteiger partial charge in [-0.3, -0.25) is 4.90 Å². The smallest absolute Gasteiger partial charge is 0.0953 e. The number of nitrogens with zero attached hydrogens (tertiary/aromatic N) is 3. The first-order valence-electron chi connectivity index (χ1n) is 4.78. The second kappa shape index (κ2) is 3.47. The molecule has 1 aliphatic heterocycles. The van der Waals surface area contributed by atoms with Gasteiger partial charge in [-0.1, -0.05) is 6.92 Å². The van der Waals surface area contributed by atoms with E-state index in [2.05, 4.69) is 27.6 Å². The normalized spacial score (nSPS) is 18.9. The van der Waals surface area contributed by atoms with Gasteiger partial charge in [0.05, 0.1) is 18.1 Å². The third kappa shape index (κ3) is 1.59. The maximum Gasteiger partial charge on any atom is 0.0953 e. The standard InChI is InChI=1S/C9H16N4/c1-2-12-5-9(6-12)13-4-8(3-10)11-7-13/h4,7,9H,2-3,5-6,10H2,1H3. The van der Waals surface area contributed by atoms with E-state index in [9.17, 15) is 0 Å². The molecule has 4 heteroatoms. The molecule has 0 amide bonds. The zero-order valence-corrected chi connectivity index (χ0v) is 7.98. The molecule has 0 aromatic carbocycles. The van der Waals surface area contributed by atoms with Crippen molar-refractivity contribution >= 4 is 0 Å². The second-order valence-corrected chi connectivity index (χ2v) is 3.52. The zero-order chi connectivity index (χ0) is 9.26. The molecule has 2 heterocycles. The van der Waals surface area contributed by atoms with E-state index in [1.165, 1.54) is 0 Å². The number of likely N-dealkylation sites (N-methyl/N-ethyl adjacent to an activating group) is 1. The van der Waals surface area contributed by atoms with Gasteiger partial charge in [0.25, 0.3) is 0 Å². The highest BCUT2D eigenvalue weighted by molar-refractivity contribution is 4.99. The summed E-state index contributed by atoms with van der Waals surface area (Å²) in [6.45, 7) is 6.18. The van der Waals surface area contributed by atoms with E-state index in [-0.39, 0.29) is 0 Å². The Morgan fingerprint density at radius 2 is 2.38 bits per heavy atom. The Morgan fingerprint density at radius 1 is 1.62 bits per heavy atom. The summed E-state index contributed by atoms with van der Waals surface area (Å²) in [5, 5.41) is 0. The molecule has 1 aromatic rings. The molecule has 1 aromatic heterocycles. The van der Waals surface area contributed by atoms with Gasteiger partial charge in [0.1, 0.15) is 0 Å². The van der Waals surface area contributed by atoms with Crippen molar-refractivity contribution in [2.45, 2.75) is 19.5 Å². The predicted octanol–water partition coefficient (Wildman–Crippen LogP) is 0.218. The highest BCUT2D eigenvalue weighted by Gasteiger charge is 2.26. The van der Waals surface area contributed by atoms with Gasteiger partial charge in [-0.2, -0.15) is 0 Å². The van der Waals surface area contributed by atoms with E-state index in [0.29, 0.717) is 12.6 Å². The number of rotatable bonds is 3. The van der Waals surface area contributed by atoms with Crippen LogP contribution in [0.2, 0.25) is 0 Å². The largest absolute Gasteiger partial charge is 0.332 e. The minimum absolute atomic E-state index is 0.539. The van der Waals surface area contributed by atoms with Crippen molar-refractivity contribution in [1.29, 1.82) is 0 Å². The van der Waals surface area contributed by atoms with Crippen LogP contribution in [0.25, 0.3) is 0 Å². The lowest BCUT2D eigenvalue weighted by Crippen LogP contribution is -2.46. The molecule has 0 saturated carbocycles. The van der Waals surface area contributed by atoms with Gasteiger partial charge < -0.3 is 10.3 Å². The van der Waals surface area contributed by atoms with Crippen LogP contribution >= 0.6 is 0 Å². The first-order valence-corrected chi connectivity index (χ1v) is 4.78. The van der Waals surface area contributed by atoms with Crippen molar-refractivity contribution < 1.29 is 0 Å². The molecule has 0 aliphatic carbocycles. The minimum atomic E-state index is 0.539. The maximum atomic E-state index is 5.49. The molecular weight excluding hydrogens is 164 g/mol. The average molecular weight is 180 g/mol. The number of aromatic nitrogens is 2. The molecule has 1 saturated heterocycles. The second-order valence-electron chi connectivity index (χ2n) is 3.52. The van der Waals surface area contributed by atoms with E-state index in [1.807, 2.05) is 6.33 Å². The van der Waals surface area contributed by atoms with Crippen LogP contribution in [0.1, 0.15) is 18.7 Å². The van der Waals surface area contributed by atoms with Crippen LogP contribution in [-0.4, -0.2) is 34.1 Å². The Kier molecular flexibility index (Phi) is 2.33. The van der Waals surface area contributed by atoms with Gasteiger partial charge in [-0.25, -0.2) is 4.98 Å². The van der Waals surface area contributed by atoms with Crippen LogP contribution in [0.3, 0.4) is 0 Å². The summed E-state index contributed by atoms with van der Waals surface area (Å²) in [7, 11) is 0. The van der Waals surface area contributed by atoms with Crippen molar-refractivity contribution in [3.8, 4) is 0 Å². The fourth-order valence-electron chi connectivity index (χ4n) is 1.67. The van der Waals surface area contributed by atoms with Crippen LogP contribution in [0.15, 0.2) is 12.5 Å². The molecule has 13 heavy (non-hydrogen) atoms. The zero-order valence-electron chi connectivity index (χ0n) is 7.98. The Balaban J connectivity index is 1.95. The number of hydrogen-bond acceptors (Lipinski definition) is 3. The van der Waals surface area contributed by atoms with Gasteiger partial charge in [-0.05, 0) is 6.54 Å². The topological polar surface area (TPSA) is 47.1 Å². The molecule has 0 radical (unpaired) electrons. The Labute approximate surface area is 78.4 Å². The summed E-state index contributed by atoms with van der Waals surface area (Å²) in [5.74, 6) is 0. The molecule has 2 rings (SSSR count). The lowest BCUT2D eigenvalue weighted by Gasteiger charge is -2.39. The highest BCUT2D eigenvalue weighted by Crippen LogP contribution is 2.20. The third-order valence-corrected chi connectivity index (χ3v) is 2.67. The summed E-state index contributed by atoms with van der Waals surface area (Å²) in [4.78, 5) is 6.62.